The normalized spacial score (nSPS) is 13.3. The molecule has 0 saturated heterocycles. The van der Waals surface area contributed by atoms with Gasteiger partial charge in [0, 0.05) is 26.1 Å². The first-order valence-corrected chi connectivity index (χ1v) is 6.63. The summed E-state index contributed by atoms with van der Waals surface area (Å²) in [6.45, 7) is 4.70. The van der Waals surface area contributed by atoms with Crippen molar-refractivity contribution in [1.29, 1.82) is 0 Å². The molecule has 0 aliphatic rings. The maximum atomic E-state index is 11.6. The van der Waals surface area contributed by atoms with Crippen LogP contribution in [0.3, 0.4) is 0 Å². The lowest BCUT2D eigenvalue weighted by Gasteiger charge is -2.18. The minimum absolute atomic E-state index is 0.0991. The molecule has 0 amide bonds. The van der Waals surface area contributed by atoms with Crippen molar-refractivity contribution in [3.8, 4) is 0 Å². The van der Waals surface area contributed by atoms with Crippen LogP contribution in [0, 0.1) is 0 Å². The zero-order chi connectivity index (χ0) is 12.6. The van der Waals surface area contributed by atoms with E-state index in [2.05, 4.69) is 9.88 Å². The highest BCUT2D eigenvalue weighted by atomic mass is 32.2. The topological polar surface area (TPSA) is 108 Å². The third-order valence-corrected chi connectivity index (χ3v) is 3.83. The van der Waals surface area contributed by atoms with Crippen molar-refractivity contribution in [2.45, 2.75) is 26.7 Å². The Hall–Kier alpha value is -0.860. The van der Waals surface area contributed by atoms with Crippen LogP contribution in [0.1, 0.15) is 26.7 Å². The van der Waals surface area contributed by atoms with E-state index in [1.807, 2.05) is 0 Å². The van der Waals surface area contributed by atoms with Gasteiger partial charge in [0.25, 0.3) is 10.2 Å². The smallest absolute Gasteiger partial charge is 0.279 e. The molecule has 0 atom stereocenters. The Labute approximate surface area is 96.5 Å². The highest BCUT2D eigenvalue weighted by Gasteiger charge is 2.16. The molecule has 96 valence electrons. The number of hydrogen-bond acceptors (Lipinski definition) is 4. The zero-order valence-electron chi connectivity index (χ0n) is 9.68. The van der Waals surface area contributed by atoms with Crippen LogP contribution in [0.5, 0.6) is 0 Å². The van der Waals surface area contributed by atoms with E-state index >= 15 is 0 Å². The van der Waals surface area contributed by atoms with Gasteiger partial charge in [0.2, 0.25) is 0 Å². The molecular weight excluding hydrogens is 232 g/mol. The second-order valence-corrected chi connectivity index (χ2v) is 4.93. The van der Waals surface area contributed by atoms with Crippen molar-refractivity contribution in [2.75, 3.05) is 19.6 Å². The van der Waals surface area contributed by atoms with Gasteiger partial charge in [0.15, 0.2) is 0 Å². The maximum Gasteiger partial charge on any atom is 0.279 e. The Morgan fingerprint density at radius 3 is 2.44 bits per heavy atom. The molecule has 4 N–H and O–H groups in total. The molecular formula is C8H20N4O3S. The quantitative estimate of drug-likeness (QED) is 0.181. The number of amidine groups is 1. The Balaban J connectivity index is 4.01. The summed E-state index contributed by atoms with van der Waals surface area (Å²) in [5.74, 6) is 0.0991. The molecule has 0 spiro atoms. The second-order valence-electron chi connectivity index (χ2n) is 3.18. The average Bonchev–Trinajstić information content (AvgIpc) is 2.25. The van der Waals surface area contributed by atoms with Crippen molar-refractivity contribution >= 4 is 16.0 Å². The van der Waals surface area contributed by atoms with E-state index in [-0.39, 0.29) is 12.4 Å². The van der Waals surface area contributed by atoms with Crippen LogP contribution in [-0.4, -0.2) is 43.4 Å². The molecule has 0 rings (SSSR count). The van der Waals surface area contributed by atoms with E-state index in [0.29, 0.717) is 25.9 Å². The summed E-state index contributed by atoms with van der Waals surface area (Å²) in [7, 11) is -3.39. The van der Waals surface area contributed by atoms with E-state index < -0.39 is 10.2 Å². The fourth-order valence-electron chi connectivity index (χ4n) is 1.18. The Bertz CT molecular complexity index is 311. The molecule has 8 heteroatoms. The summed E-state index contributed by atoms with van der Waals surface area (Å²) in [6.07, 6.45) is 0.855. The zero-order valence-corrected chi connectivity index (χ0v) is 10.5. The highest BCUT2D eigenvalue weighted by molar-refractivity contribution is 7.87. The summed E-state index contributed by atoms with van der Waals surface area (Å²) in [5.41, 5.74) is 5.25. The monoisotopic (exact) mass is 252 g/mol. The van der Waals surface area contributed by atoms with E-state index in [1.165, 1.54) is 4.31 Å². The third-order valence-electron chi connectivity index (χ3n) is 2.07. The molecule has 0 heterocycles. The van der Waals surface area contributed by atoms with E-state index in [9.17, 15) is 8.42 Å². The van der Waals surface area contributed by atoms with E-state index in [4.69, 9.17) is 10.9 Å². The number of hydrogen-bond donors (Lipinski definition) is 3. The van der Waals surface area contributed by atoms with Crippen molar-refractivity contribution in [3.63, 3.8) is 0 Å². The maximum absolute atomic E-state index is 11.6. The third kappa shape index (κ3) is 5.29. The number of rotatable bonds is 8. The molecule has 16 heavy (non-hydrogen) atoms. The predicted molar refractivity (Wildman–Crippen MR) is 62.5 cm³/mol. The molecule has 0 aromatic rings. The van der Waals surface area contributed by atoms with Gasteiger partial charge >= 0.3 is 0 Å². The Morgan fingerprint density at radius 1 is 1.44 bits per heavy atom. The molecule has 0 aliphatic heterocycles. The van der Waals surface area contributed by atoms with Gasteiger partial charge in [-0.3, -0.25) is 0 Å². The Morgan fingerprint density at radius 2 is 2.00 bits per heavy atom. The summed E-state index contributed by atoms with van der Waals surface area (Å²) in [4.78, 5) is 0. The van der Waals surface area contributed by atoms with Crippen LogP contribution in [-0.2, 0) is 10.2 Å². The number of nitrogens with one attached hydrogen (secondary N) is 1. The predicted octanol–water partition coefficient (Wildman–Crippen LogP) is -0.311. The molecule has 0 aromatic heterocycles. The van der Waals surface area contributed by atoms with Crippen LogP contribution < -0.4 is 10.5 Å². The van der Waals surface area contributed by atoms with Crippen molar-refractivity contribution < 1.29 is 13.6 Å². The van der Waals surface area contributed by atoms with Crippen LogP contribution in [0.15, 0.2) is 5.16 Å². The SMILES string of the molecule is CCN(CC)S(=O)(=O)NCCCC(N)=NO. The van der Waals surface area contributed by atoms with Gasteiger partial charge in [-0.25, -0.2) is 4.72 Å². The van der Waals surface area contributed by atoms with Crippen LogP contribution >= 0.6 is 0 Å². The van der Waals surface area contributed by atoms with Gasteiger partial charge in [-0.15, -0.1) is 0 Å². The first kappa shape index (κ1) is 15.1. The van der Waals surface area contributed by atoms with Gasteiger partial charge in [-0.2, -0.15) is 12.7 Å². The van der Waals surface area contributed by atoms with Gasteiger partial charge in [0.1, 0.15) is 5.84 Å². The Kier molecular flexibility index (Phi) is 7.02. The fraction of sp³-hybridized carbons (Fsp3) is 0.875. The first-order chi connectivity index (χ1) is 7.47. The largest absolute Gasteiger partial charge is 0.409 e. The molecule has 0 aromatic carbocycles. The molecule has 0 aliphatic carbocycles. The van der Waals surface area contributed by atoms with Gasteiger partial charge in [-0.1, -0.05) is 19.0 Å². The average molecular weight is 252 g/mol. The van der Waals surface area contributed by atoms with Gasteiger partial charge in [-0.05, 0) is 6.42 Å². The molecule has 0 bridgehead atoms. The molecule has 0 saturated carbocycles. The van der Waals surface area contributed by atoms with E-state index in [1.54, 1.807) is 13.8 Å². The minimum atomic E-state index is -3.39. The number of oxime groups is 1. The first-order valence-electron chi connectivity index (χ1n) is 5.19. The summed E-state index contributed by atoms with van der Waals surface area (Å²) < 4.78 is 27.0. The fourth-order valence-corrected chi connectivity index (χ4v) is 2.44. The lowest BCUT2D eigenvalue weighted by molar-refractivity contribution is 0.316. The van der Waals surface area contributed by atoms with Crippen LogP contribution in [0.4, 0.5) is 0 Å². The number of nitrogens with two attached hydrogens (primary N) is 1. The van der Waals surface area contributed by atoms with Crippen molar-refractivity contribution in [3.05, 3.63) is 0 Å². The van der Waals surface area contributed by atoms with Crippen molar-refractivity contribution in [1.82, 2.24) is 9.03 Å². The lowest BCUT2D eigenvalue weighted by Crippen LogP contribution is -2.41. The molecule has 0 fully saturated rings. The van der Waals surface area contributed by atoms with Crippen LogP contribution in [0.2, 0.25) is 0 Å². The van der Waals surface area contributed by atoms with Crippen LogP contribution in [0.25, 0.3) is 0 Å². The standard InChI is InChI=1S/C8H20N4O3S/c1-3-12(4-2)16(14,15)10-7-5-6-8(9)11-13/h10,13H,3-7H2,1-2H3,(H2,9,11). The van der Waals surface area contributed by atoms with Crippen molar-refractivity contribution in [2.24, 2.45) is 10.9 Å². The summed E-state index contributed by atoms with van der Waals surface area (Å²) in [6, 6.07) is 0. The summed E-state index contributed by atoms with van der Waals surface area (Å²) >= 11 is 0. The lowest BCUT2D eigenvalue weighted by atomic mass is 10.3. The molecule has 0 unspecified atom stereocenters. The molecule has 0 radical (unpaired) electrons. The van der Waals surface area contributed by atoms with Gasteiger partial charge < -0.3 is 10.9 Å². The highest BCUT2D eigenvalue weighted by Crippen LogP contribution is 1.97. The summed E-state index contributed by atoms with van der Waals surface area (Å²) in [5, 5.41) is 11.1. The number of nitrogens with zero attached hydrogens (tertiary/aromatic N) is 2. The van der Waals surface area contributed by atoms with Gasteiger partial charge in [0.05, 0.1) is 0 Å². The van der Waals surface area contributed by atoms with E-state index in [0.717, 1.165) is 0 Å². The minimum Gasteiger partial charge on any atom is -0.409 e. The molecule has 7 nitrogen and oxygen atoms in total. The second kappa shape index (κ2) is 7.42.